The van der Waals surface area contributed by atoms with E-state index in [1.165, 1.54) is 6.20 Å². The fourth-order valence-corrected chi connectivity index (χ4v) is 1.98. The van der Waals surface area contributed by atoms with Crippen LogP contribution in [0.3, 0.4) is 0 Å². The average Bonchev–Trinajstić information content (AvgIpc) is 2.87. The van der Waals surface area contributed by atoms with Crippen LogP contribution in [-0.2, 0) is 4.79 Å². The van der Waals surface area contributed by atoms with Crippen LogP contribution in [0.5, 0.6) is 0 Å². The molecule has 1 amide bonds. The third-order valence-electron chi connectivity index (χ3n) is 3.23. The summed E-state index contributed by atoms with van der Waals surface area (Å²) in [6.45, 7) is 1.91. The SMILES string of the molecule is CCC(CO)N/C=C(/C#N)C(=O)NC1CCCC1. The van der Waals surface area contributed by atoms with Gasteiger partial charge in [0.05, 0.1) is 6.61 Å². The molecule has 0 aromatic rings. The molecule has 0 radical (unpaired) electrons. The van der Waals surface area contributed by atoms with Crippen LogP contribution in [0.25, 0.3) is 0 Å². The van der Waals surface area contributed by atoms with Gasteiger partial charge >= 0.3 is 0 Å². The van der Waals surface area contributed by atoms with E-state index in [0.29, 0.717) is 0 Å². The highest BCUT2D eigenvalue weighted by atomic mass is 16.3. The maximum atomic E-state index is 11.8. The third-order valence-corrected chi connectivity index (χ3v) is 3.23. The van der Waals surface area contributed by atoms with Gasteiger partial charge in [0.1, 0.15) is 11.6 Å². The van der Waals surface area contributed by atoms with Gasteiger partial charge in [-0.3, -0.25) is 4.79 Å². The molecule has 0 bridgehead atoms. The molecule has 1 atom stereocenters. The number of nitriles is 1. The normalized spacial score (nSPS) is 18.2. The fourth-order valence-electron chi connectivity index (χ4n) is 1.98. The Morgan fingerprint density at radius 3 is 2.72 bits per heavy atom. The molecule has 3 N–H and O–H groups in total. The van der Waals surface area contributed by atoms with E-state index in [1.807, 2.05) is 13.0 Å². The van der Waals surface area contributed by atoms with Crippen molar-refractivity contribution in [3.8, 4) is 6.07 Å². The smallest absolute Gasteiger partial charge is 0.263 e. The van der Waals surface area contributed by atoms with Crippen molar-refractivity contribution in [2.24, 2.45) is 0 Å². The summed E-state index contributed by atoms with van der Waals surface area (Å²) in [5.74, 6) is -0.329. The van der Waals surface area contributed by atoms with E-state index in [-0.39, 0.29) is 30.2 Å². The summed E-state index contributed by atoms with van der Waals surface area (Å²) in [7, 11) is 0. The molecule has 1 unspecified atom stereocenters. The third kappa shape index (κ3) is 4.38. The Hall–Kier alpha value is -1.54. The van der Waals surface area contributed by atoms with Gasteiger partial charge in [-0.2, -0.15) is 5.26 Å². The minimum Gasteiger partial charge on any atom is -0.394 e. The van der Waals surface area contributed by atoms with Gasteiger partial charge in [-0.05, 0) is 19.3 Å². The average molecular weight is 251 g/mol. The maximum Gasteiger partial charge on any atom is 0.263 e. The molecule has 5 heteroatoms. The number of rotatable bonds is 6. The first-order valence-corrected chi connectivity index (χ1v) is 6.49. The van der Waals surface area contributed by atoms with Crippen molar-refractivity contribution in [3.63, 3.8) is 0 Å². The van der Waals surface area contributed by atoms with Crippen molar-refractivity contribution in [1.29, 1.82) is 5.26 Å². The van der Waals surface area contributed by atoms with Crippen LogP contribution >= 0.6 is 0 Å². The van der Waals surface area contributed by atoms with Crippen LogP contribution in [0.1, 0.15) is 39.0 Å². The van der Waals surface area contributed by atoms with Crippen LogP contribution in [-0.4, -0.2) is 29.7 Å². The van der Waals surface area contributed by atoms with Crippen molar-refractivity contribution in [3.05, 3.63) is 11.8 Å². The number of hydrogen-bond donors (Lipinski definition) is 3. The molecule has 1 saturated carbocycles. The lowest BCUT2D eigenvalue weighted by Crippen LogP contribution is -2.35. The highest BCUT2D eigenvalue weighted by molar-refractivity contribution is 5.97. The highest BCUT2D eigenvalue weighted by Crippen LogP contribution is 2.17. The summed E-state index contributed by atoms with van der Waals surface area (Å²) in [4.78, 5) is 11.8. The van der Waals surface area contributed by atoms with E-state index in [0.717, 1.165) is 32.1 Å². The lowest BCUT2D eigenvalue weighted by molar-refractivity contribution is -0.117. The molecular weight excluding hydrogens is 230 g/mol. The van der Waals surface area contributed by atoms with Crippen LogP contribution in [0, 0.1) is 11.3 Å². The van der Waals surface area contributed by atoms with Crippen molar-refractivity contribution in [2.45, 2.75) is 51.1 Å². The lowest BCUT2D eigenvalue weighted by atomic mass is 10.2. The molecule has 18 heavy (non-hydrogen) atoms. The van der Waals surface area contributed by atoms with E-state index < -0.39 is 0 Å². The summed E-state index contributed by atoms with van der Waals surface area (Å²) in [5, 5.41) is 23.7. The molecule has 0 aliphatic heterocycles. The van der Waals surface area contributed by atoms with Crippen LogP contribution in [0.2, 0.25) is 0 Å². The van der Waals surface area contributed by atoms with Gasteiger partial charge in [0.15, 0.2) is 0 Å². The molecule has 1 aliphatic carbocycles. The van der Waals surface area contributed by atoms with Crippen LogP contribution < -0.4 is 10.6 Å². The number of carbonyl (C=O) groups is 1. The zero-order valence-electron chi connectivity index (χ0n) is 10.8. The zero-order valence-corrected chi connectivity index (χ0v) is 10.8. The number of nitrogens with zero attached hydrogens (tertiary/aromatic N) is 1. The molecular formula is C13H21N3O2. The molecule has 100 valence electrons. The first-order valence-electron chi connectivity index (χ1n) is 6.49. The first kappa shape index (κ1) is 14.5. The Morgan fingerprint density at radius 2 is 2.22 bits per heavy atom. The van der Waals surface area contributed by atoms with Crippen LogP contribution in [0.4, 0.5) is 0 Å². The number of hydrogen-bond acceptors (Lipinski definition) is 4. The molecule has 0 spiro atoms. The van der Waals surface area contributed by atoms with Gasteiger partial charge in [0, 0.05) is 18.3 Å². The topological polar surface area (TPSA) is 85.2 Å². The molecule has 1 fully saturated rings. The number of nitrogens with one attached hydrogen (secondary N) is 2. The fraction of sp³-hybridized carbons (Fsp3) is 0.692. The standard InChI is InChI=1S/C13H21N3O2/c1-2-11(9-17)15-8-10(7-14)13(18)16-12-5-3-4-6-12/h8,11-12,15,17H,2-6,9H2,1H3,(H,16,18)/b10-8-. The maximum absolute atomic E-state index is 11.8. The summed E-state index contributed by atoms with van der Waals surface area (Å²) in [5.41, 5.74) is 0.0637. The Bertz CT molecular complexity index is 337. The molecule has 1 aliphatic rings. The largest absolute Gasteiger partial charge is 0.394 e. The molecule has 1 rings (SSSR count). The lowest BCUT2D eigenvalue weighted by Gasteiger charge is -2.13. The van der Waals surface area contributed by atoms with Crippen molar-refractivity contribution < 1.29 is 9.90 Å². The highest BCUT2D eigenvalue weighted by Gasteiger charge is 2.19. The second-order valence-electron chi connectivity index (χ2n) is 4.58. The molecule has 0 saturated heterocycles. The number of aliphatic hydroxyl groups excluding tert-OH is 1. The molecule has 0 aromatic carbocycles. The summed E-state index contributed by atoms with van der Waals surface area (Å²) in [6, 6.07) is 1.97. The quantitative estimate of drug-likeness (QED) is 0.482. The van der Waals surface area contributed by atoms with E-state index in [1.54, 1.807) is 0 Å². The second kappa shape index (κ2) is 7.72. The van der Waals surface area contributed by atoms with Gasteiger partial charge < -0.3 is 15.7 Å². The van der Waals surface area contributed by atoms with Crippen molar-refractivity contribution in [1.82, 2.24) is 10.6 Å². The minimum atomic E-state index is -0.329. The van der Waals surface area contributed by atoms with E-state index >= 15 is 0 Å². The Morgan fingerprint density at radius 1 is 1.56 bits per heavy atom. The zero-order chi connectivity index (χ0) is 13.4. The number of carbonyl (C=O) groups excluding carboxylic acids is 1. The predicted octanol–water partition coefficient (Wildman–Crippen LogP) is 0.813. The van der Waals surface area contributed by atoms with Crippen molar-refractivity contribution >= 4 is 5.91 Å². The summed E-state index contributed by atoms with van der Waals surface area (Å²) < 4.78 is 0. The molecule has 0 heterocycles. The van der Waals surface area contributed by atoms with E-state index in [4.69, 9.17) is 10.4 Å². The Balaban J connectivity index is 2.50. The second-order valence-corrected chi connectivity index (χ2v) is 4.58. The minimum absolute atomic E-state index is 0.0179. The molecule has 5 nitrogen and oxygen atoms in total. The van der Waals surface area contributed by atoms with Gasteiger partial charge in [-0.15, -0.1) is 0 Å². The molecule has 0 aromatic heterocycles. The summed E-state index contributed by atoms with van der Waals surface area (Å²) in [6.07, 6.45) is 6.39. The van der Waals surface area contributed by atoms with Gasteiger partial charge in [0.25, 0.3) is 5.91 Å². The first-order chi connectivity index (χ1) is 8.71. The predicted molar refractivity (Wildman–Crippen MR) is 68.4 cm³/mol. The van der Waals surface area contributed by atoms with Gasteiger partial charge in [-0.1, -0.05) is 19.8 Å². The monoisotopic (exact) mass is 251 g/mol. The van der Waals surface area contributed by atoms with Crippen molar-refractivity contribution in [2.75, 3.05) is 6.61 Å². The number of amides is 1. The van der Waals surface area contributed by atoms with Gasteiger partial charge in [-0.25, -0.2) is 0 Å². The van der Waals surface area contributed by atoms with E-state index in [9.17, 15) is 4.79 Å². The van der Waals surface area contributed by atoms with Crippen LogP contribution in [0.15, 0.2) is 11.8 Å². The Labute approximate surface area is 108 Å². The Kier molecular flexibility index (Phi) is 6.23. The summed E-state index contributed by atoms with van der Waals surface area (Å²) >= 11 is 0. The van der Waals surface area contributed by atoms with E-state index in [2.05, 4.69) is 10.6 Å². The van der Waals surface area contributed by atoms with Gasteiger partial charge in [0.2, 0.25) is 0 Å². The number of aliphatic hydroxyl groups is 1.